The van der Waals surface area contributed by atoms with Gasteiger partial charge in [0, 0.05) is 28.1 Å². The van der Waals surface area contributed by atoms with E-state index in [0.29, 0.717) is 22.5 Å². The Morgan fingerprint density at radius 2 is 1.52 bits per heavy atom. The number of anilines is 2. The number of carbonyl (C=O) groups is 4. The van der Waals surface area contributed by atoms with E-state index in [1.54, 1.807) is 36.4 Å². The topological polar surface area (TPSA) is 110 Å². The lowest BCUT2D eigenvalue weighted by atomic mass is 10.1. The molecular weight excluding hydrogens is 438 g/mol. The molecule has 1 fully saturated rings. The summed E-state index contributed by atoms with van der Waals surface area (Å²) in [6.07, 6.45) is 0.0764. The number of nitrogens with one attached hydrogen (secondary N) is 1. The van der Waals surface area contributed by atoms with E-state index in [0.717, 1.165) is 15.4 Å². The van der Waals surface area contributed by atoms with Gasteiger partial charge in [0.25, 0.3) is 5.91 Å². The second kappa shape index (κ2) is 9.30. The second-order valence-electron chi connectivity index (χ2n) is 7.63. The maximum absolute atomic E-state index is 12.9. The van der Waals surface area contributed by atoms with Gasteiger partial charge in [-0.2, -0.15) is 0 Å². The van der Waals surface area contributed by atoms with E-state index in [1.165, 1.54) is 36.0 Å². The second-order valence-corrected chi connectivity index (χ2v) is 8.91. The Kier molecular flexibility index (Phi) is 6.28. The lowest BCUT2D eigenvalue weighted by molar-refractivity contribution is -0.121. The van der Waals surface area contributed by atoms with Crippen LogP contribution in [0.15, 0.2) is 77.7 Å². The highest BCUT2D eigenvalue weighted by atomic mass is 32.2. The van der Waals surface area contributed by atoms with Crippen LogP contribution in [0.25, 0.3) is 0 Å². The first-order chi connectivity index (χ1) is 15.8. The van der Waals surface area contributed by atoms with Crippen LogP contribution in [0.4, 0.5) is 11.4 Å². The molecule has 166 valence electrons. The molecule has 0 aromatic heterocycles. The molecule has 0 aliphatic carbocycles. The van der Waals surface area contributed by atoms with Gasteiger partial charge >= 0.3 is 0 Å². The van der Waals surface area contributed by atoms with E-state index in [-0.39, 0.29) is 24.1 Å². The molecule has 3 aromatic carbocycles. The molecule has 33 heavy (non-hydrogen) atoms. The zero-order valence-electron chi connectivity index (χ0n) is 17.8. The molecule has 4 rings (SSSR count). The van der Waals surface area contributed by atoms with Crippen LogP contribution in [0.5, 0.6) is 0 Å². The smallest absolute Gasteiger partial charge is 0.255 e. The zero-order chi connectivity index (χ0) is 23.5. The van der Waals surface area contributed by atoms with Crippen molar-refractivity contribution in [3.8, 4) is 0 Å². The number of carbonyl (C=O) groups excluding carboxylic acids is 4. The van der Waals surface area contributed by atoms with Crippen LogP contribution in [-0.4, -0.2) is 28.9 Å². The lowest BCUT2D eigenvalue weighted by Crippen LogP contribution is -2.31. The molecule has 0 saturated carbocycles. The number of aryl methyl sites for hydroxylation is 1. The van der Waals surface area contributed by atoms with Crippen molar-refractivity contribution in [2.24, 2.45) is 5.73 Å². The molecule has 0 spiro atoms. The van der Waals surface area contributed by atoms with Crippen LogP contribution in [0, 0.1) is 6.92 Å². The first kappa shape index (κ1) is 22.3. The van der Waals surface area contributed by atoms with E-state index in [2.05, 4.69) is 5.32 Å². The standard InChI is InChI=1S/C25H21N3O4S/c1-15-2-4-17(5-3-15)24(31)27-18-8-12-20(13-9-18)33-21-14-22(29)28(25(21)32)19-10-6-16(7-11-19)23(26)30/h2-13,21H,14H2,1H3,(H2,26,30)(H,27,31). The minimum absolute atomic E-state index is 0.0764. The van der Waals surface area contributed by atoms with Crippen molar-refractivity contribution in [3.63, 3.8) is 0 Å². The summed E-state index contributed by atoms with van der Waals surface area (Å²) >= 11 is 1.30. The zero-order valence-corrected chi connectivity index (χ0v) is 18.6. The van der Waals surface area contributed by atoms with Crippen LogP contribution in [0.1, 0.15) is 32.7 Å². The number of hydrogen-bond acceptors (Lipinski definition) is 5. The van der Waals surface area contributed by atoms with E-state index < -0.39 is 11.2 Å². The maximum Gasteiger partial charge on any atom is 0.255 e. The van der Waals surface area contributed by atoms with Crippen LogP contribution in [-0.2, 0) is 9.59 Å². The summed E-state index contributed by atoms with van der Waals surface area (Å²) in [5.41, 5.74) is 8.23. The molecule has 1 heterocycles. The van der Waals surface area contributed by atoms with E-state index in [4.69, 9.17) is 5.73 Å². The first-order valence-electron chi connectivity index (χ1n) is 10.2. The van der Waals surface area contributed by atoms with E-state index in [1.807, 2.05) is 19.1 Å². The summed E-state index contributed by atoms with van der Waals surface area (Å²) < 4.78 is 0. The van der Waals surface area contributed by atoms with Crippen LogP contribution in [0.3, 0.4) is 0 Å². The number of imide groups is 1. The van der Waals surface area contributed by atoms with Gasteiger partial charge in [0.2, 0.25) is 17.7 Å². The Balaban J connectivity index is 1.40. The summed E-state index contributed by atoms with van der Waals surface area (Å²) in [4.78, 5) is 50.9. The molecular formula is C25H21N3O4S. The molecule has 3 aromatic rings. The molecule has 1 atom stereocenters. The van der Waals surface area contributed by atoms with E-state index >= 15 is 0 Å². The summed E-state index contributed by atoms with van der Waals surface area (Å²) in [6, 6.07) is 20.5. The molecule has 3 N–H and O–H groups in total. The fraction of sp³-hybridized carbons (Fsp3) is 0.120. The summed E-state index contributed by atoms with van der Waals surface area (Å²) in [7, 11) is 0. The van der Waals surface area contributed by atoms with Crippen molar-refractivity contribution >= 4 is 46.8 Å². The first-order valence-corrected chi connectivity index (χ1v) is 11.1. The molecule has 8 heteroatoms. The van der Waals surface area contributed by atoms with Gasteiger partial charge in [0.05, 0.1) is 10.9 Å². The fourth-order valence-electron chi connectivity index (χ4n) is 3.43. The van der Waals surface area contributed by atoms with Gasteiger partial charge in [-0.15, -0.1) is 11.8 Å². The minimum Gasteiger partial charge on any atom is -0.366 e. The number of primary amides is 1. The quantitative estimate of drug-likeness (QED) is 0.546. The van der Waals surface area contributed by atoms with Crippen LogP contribution in [0.2, 0.25) is 0 Å². The van der Waals surface area contributed by atoms with Gasteiger partial charge in [0.15, 0.2) is 0 Å². The Morgan fingerprint density at radius 3 is 2.12 bits per heavy atom. The van der Waals surface area contributed by atoms with Gasteiger partial charge in [-0.25, -0.2) is 4.90 Å². The van der Waals surface area contributed by atoms with Gasteiger partial charge in [-0.3, -0.25) is 19.2 Å². The van der Waals surface area contributed by atoms with Crippen LogP contribution < -0.4 is 16.0 Å². The number of rotatable bonds is 6. The number of benzene rings is 3. The molecule has 7 nitrogen and oxygen atoms in total. The molecule has 0 radical (unpaired) electrons. The summed E-state index contributed by atoms with van der Waals surface area (Å²) in [5, 5.41) is 2.29. The Labute approximate surface area is 195 Å². The fourth-order valence-corrected chi connectivity index (χ4v) is 4.49. The molecule has 4 amide bonds. The molecule has 1 aliphatic heterocycles. The maximum atomic E-state index is 12.9. The summed E-state index contributed by atoms with van der Waals surface area (Å²) in [5.74, 6) is -1.39. The number of amides is 4. The number of thioether (sulfide) groups is 1. The Bertz CT molecular complexity index is 1220. The minimum atomic E-state index is -0.576. The predicted molar refractivity (Wildman–Crippen MR) is 127 cm³/mol. The van der Waals surface area contributed by atoms with Gasteiger partial charge in [-0.05, 0) is 67.6 Å². The third kappa shape index (κ3) is 4.96. The van der Waals surface area contributed by atoms with Crippen molar-refractivity contribution in [2.45, 2.75) is 23.5 Å². The highest BCUT2D eigenvalue weighted by Gasteiger charge is 2.40. The van der Waals surface area contributed by atoms with Gasteiger partial charge < -0.3 is 11.1 Å². The van der Waals surface area contributed by atoms with Gasteiger partial charge in [0.1, 0.15) is 0 Å². The van der Waals surface area contributed by atoms with Crippen LogP contribution >= 0.6 is 11.8 Å². The average molecular weight is 460 g/mol. The van der Waals surface area contributed by atoms with Crippen molar-refractivity contribution in [3.05, 3.63) is 89.5 Å². The molecule has 0 bridgehead atoms. The summed E-state index contributed by atoms with van der Waals surface area (Å²) in [6.45, 7) is 1.96. The van der Waals surface area contributed by atoms with Gasteiger partial charge in [-0.1, -0.05) is 17.7 Å². The monoisotopic (exact) mass is 459 g/mol. The normalized spacial score (nSPS) is 15.5. The number of nitrogens with two attached hydrogens (primary N) is 1. The van der Waals surface area contributed by atoms with Crippen molar-refractivity contribution in [1.82, 2.24) is 0 Å². The molecule has 1 saturated heterocycles. The molecule has 1 aliphatic rings. The van der Waals surface area contributed by atoms with Crippen molar-refractivity contribution < 1.29 is 19.2 Å². The third-order valence-corrected chi connectivity index (χ3v) is 6.42. The Morgan fingerprint density at radius 1 is 0.909 bits per heavy atom. The number of hydrogen-bond donors (Lipinski definition) is 2. The predicted octanol–water partition coefficient (Wildman–Crippen LogP) is 3.77. The van der Waals surface area contributed by atoms with Crippen molar-refractivity contribution in [2.75, 3.05) is 10.2 Å². The SMILES string of the molecule is Cc1ccc(C(=O)Nc2ccc(SC3CC(=O)N(c4ccc(C(N)=O)cc4)C3=O)cc2)cc1. The lowest BCUT2D eigenvalue weighted by Gasteiger charge is -2.15. The average Bonchev–Trinajstić information content (AvgIpc) is 3.08. The number of nitrogens with zero attached hydrogens (tertiary/aromatic N) is 1. The van der Waals surface area contributed by atoms with Crippen molar-refractivity contribution in [1.29, 1.82) is 0 Å². The third-order valence-electron chi connectivity index (χ3n) is 5.22. The Hall–Kier alpha value is -3.91. The largest absolute Gasteiger partial charge is 0.366 e. The molecule has 1 unspecified atom stereocenters. The van der Waals surface area contributed by atoms with E-state index in [9.17, 15) is 19.2 Å². The highest BCUT2D eigenvalue weighted by Crippen LogP contribution is 2.34. The highest BCUT2D eigenvalue weighted by molar-refractivity contribution is 8.00.